The summed E-state index contributed by atoms with van der Waals surface area (Å²) in [4.78, 5) is 12.2. The largest absolute Gasteiger partial charge is 0.293 e. The third kappa shape index (κ3) is 4.53. The Labute approximate surface area is 158 Å². The Morgan fingerprint density at radius 1 is 1.08 bits per heavy atom. The number of ketones is 1. The summed E-state index contributed by atoms with van der Waals surface area (Å²) >= 11 is 4.77. The van der Waals surface area contributed by atoms with Crippen LogP contribution in [0.1, 0.15) is 15.9 Å². The third-order valence-corrected chi connectivity index (χ3v) is 4.84. The van der Waals surface area contributed by atoms with Crippen molar-refractivity contribution in [1.29, 1.82) is 5.26 Å². The summed E-state index contributed by atoms with van der Waals surface area (Å²) in [5, 5.41) is 18.0. The average molecular weight is 410 g/mol. The molecule has 3 aromatic rings. The van der Waals surface area contributed by atoms with Crippen LogP contribution in [0.2, 0.25) is 0 Å². The van der Waals surface area contributed by atoms with Gasteiger partial charge in [0.25, 0.3) is 0 Å². The van der Waals surface area contributed by atoms with E-state index in [1.807, 2.05) is 42.5 Å². The molecule has 122 valence electrons. The Morgan fingerprint density at radius 3 is 2.64 bits per heavy atom. The maximum Gasteiger partial charge on any atom is 0.173 e. The van der Waals surface area contributed by atoms with Crippen molar-refractivity contribution in [3.05, 3.63) is 76.3 Å². The van der Waals surface area contributed by atoms with Crippen LogP contribution in [0.5, 0.6) is 0 Å². The zero-order chi connectivity index (χ0) is 17.6. The van der Waals surface area contributed by atoms with Crippen LogP contribution < -0.4 is 0 Å². The molecular formula is C19H12BrN3OS. The van der Waals surface area contributed by atoms with E-state index in [4.69, 9.17) is 5.26 Å². The fourth-order valence-corrected chi connectivity index (χ4v) is 3.29. The number of carbonyl (C=O) groups is 1. The van der Waals surface area contributed by atoms with Crippen molar-refractivity contribution in [2.75, 3.05) is 5.75 Å². The molecular weight excluding hydrogens is 398 g/mol. The van der Waals surface area contributed by atoms with Gasteiger partial charge in [-0.05, 0) is 36.4 Å². The average Bonchev–Trinajstić information content (AvgIpc) is 2.66. The minimum absolute atomic E-state index is 0.0417. The van der Waals surface area contributed by atoms with Gasteiger partial charge in [-0.2, -0.15) is 5.26 Å². The van der Waals surface area contributed by atoms with Gasteiger partial charge in [0.1, 0.15) is 5.03 Å². The standard InChI is InChI=1S/C19H12BrN3OS/c20-16-6-2-4-14(10-16)17-7-8-19(23-22-17)25-12-18(24)15-5-1-3-13(9-15)11-21/h1-10H,12H2. The summed E-state index contributed by atoms with van der Waals surface area (Å²) in [6.07, 6.45) is 0. The lowest BCUT2D eigenvalue weighted by Gasteiger charge is -2.03. The van der Waals surface area contributed by atoms with Crippen molar-refractivity contribution < 1.29 is 4.79 Å². The molecule has 0 unspecified atom stereocenters. The van der Waals surface area contributed by atoms with Crippen molar-refractivity contribution in [1.82, 2.24) is 10.2 Å². The molecule has 0 amide bonds. The molecule has 0 aliphatic rings. The molecule has 1 heterocycles. The van der Waals surface area contributed by atoms with Gasteiger partial charge in [0, 0.05) is 15.6 Å². The number of hydrogen-bond acceptors (Lipinski definition) is 5. The highest BCUT2D eigenvalue weighted by Crippen LogP contribution is 2.23. The number of Topliss-reactive ketones (excluding diaryl/α,β-unsaturated/α-hetero) is 1. The van der Waals surface area contributed by atoms with E-state index in [0.717, 1.165) is 15.7 Å². The van der Waals surface area contributed by atoms with Gasteiger partial charge in [-0.15, -0.1) is 10.2 Å². The van der Waals surface area contributed by atoms with Gasteiger partial charge in [0.15, 0.2) is 5.78 Å². The molecule has 0 radical (unpaired) electrons. The molecule has 0 saturated heterocycles. The van der Waals surface area contributed by atoms with Crippen LogP contribution in [0.15, 0.2) is 70.2 Å². The number of benzene rings is 2. The van der Waals surface area contributed by atoms with E-state index in [9.17, 15) is 4.79 Å². The number of thioether (sulfide) groups is 1. The molecule has 0 bridgehead atoms. The minimum atomic E-state index is -0.0417. The Morgan fingerprint density at radius 2 is 1.92 bits per heavy atom. The van der Waals surface area contributed by atoms with Crippen LogP contribution in [-0.2, 0) is 0 Å². The van der Waals surface area contributed by atoms with E-state index in [2.05, 4.69) is 26.1 Å². The van der Waals surface area contributed by atoms with Crippen LogP contribution in [0.4, 0.5) is 0 Å². The van der Waals surface area contributed by atoms with Gasteiger partial charge in [-0.1, -0.05) is 52.0 Å². The first-order valence-corrected chi connectivity index (χ1v) is 9.19. The molecule has 0 aliphatic heterocycles. The number of carbonyl (C=O) groups excluding carboxylic acids is 1. The number of halogens is 1. The lowest BCUT2D eigenvalue weighted by molar-refractivity contribution is 0.102. The molecule has 6 heteroatoms. The summed E-state index contributed by atoms with van der Waals surface area (Å²) in [5.41, 5.74) is 2.76. The summed E-state index contributed by atoms with van der Waals surface area (Å²) in [6, 6.07) is 20.3. The van der Waals surface area contributed by atoms with E-state index in [1.165, 1.54) is 11.8 Å². The second-order valence-electron chi connectivity index (χ2n) is 5.17. The highest BCUT2D eigenvalue weighted by Gasteiger charge is 2.09. The first-order valence-electron chi connectivity index (χ1n) is 7.41. The molecule has 2 aromatic carbocycles. The lowest BCUT2D eigenvalue weighted by Crippen LogP contribution is -2.03. The van der Waals surface area contributed by atoms with E-state index in [-0.39, 0.29) is 11.5 Å². The molecule has 0 fully saturated rings. The first kappa shape index (κ1) is 17.3. The molecule has 0 aliphatic carbocycles. The van der Waals surface area contributed by atoms with Crippen LogP contribution in [0.25, 0.3) is 11.3 Å². The lowest BCUT2D eigenvalue weighted by atomic mass is 10.1. The fraction of sp³-hybridized carbons (Fsp3) is 0.0526. The monoisotopic (exact) mass is 409 g/mol. The number of nitriles is 1. The molecule has 0 saturated carbocycles. The van der Waals surface area contributed by atoms with E-state index >= 15 is 0 Å². The van der Waals surface area contributed by atoms with Crippen molar-refractivity contribution in [2.45, 2.75) is 5.03 Å². The number of aromatic nitrogens is 2. The maximum absolute atomic E-state index is 12.2. The predicted octanol–water partition coefficient (Wildman–Crippen LogP) is 4.75. The summed E-state index contributed by atoms with van der Waals surface area (Å²) in [6.45, 7) is 0. The quantitative estimate of drug-likeness (QED) is 0.449. The molecule has 0 N–H and O–H groups in total. The molecule has 25 heavy (non-hydrogen) atoms. The van der Waals surface area contributed by atoms with Gasteiger partial charge >= 0.3 is 0 Å². The van der Waals surface area contributed by atoms with Crippen molar-refractivity contribution in [2.24, 2.45) is 0 Å². The van der Waals surface area contributed by atoms with E-state index in [0.29, 0.717) is 16.2 Å². The molecule has 0 spiro atoms. The second kappa shape index (κ2) is 8.06. The van der Waals surface area contributed by atoms with Gasteiger partial charge in [-0.25, -0.2) is 0 Å². The minimum Gasteiger partial charge on any atom is -0.293 e. The van der Waals surface area contributed by atoms with Crippen LogP contribution in [0.3, 0.4) is 0 Å². The van der Waals surface area contributed by atoms with Crippen molar-refractivity contribution in [3.63, 3.8) is 0 Å². The highest BCUT2D eigenvalue weighted by molar-refractivity contribution is 9.10. The number of hydrogen-bond donors (Lipinski definition) is 0. The molecule has 4 nitrogen and oxygen atoms in total. The van der Waals surface area contributed by atoms with Crippen molar-refractivity contribution >= 4 is 33.5 Å². The van der Waals surface area contributed by atoms with Gasteiger partial charge in [-0.3, -0.25) is 4.79 Å². The molecule has 3 rings (SSSR count). The summed E-state index contributed by atoms with van der Waals surface area (Å²) in [7, 11) is 0. The van der Waals surface area contributed by atoms with Gasteiger partial charge in [0.05, 0.1) is 23.1 Å². The van der Waals surface area contributed by atoms with Crippen molar-refractivity contribution in [3.8, 4) is 17.3 Å². The van der Waals surface area contributed by atoms with Crippen LogP contribution >= 0.6 is 27.7 Å². The van der Waals surface area contributed by atoms with E-state index < -0.39 is 0 Å². The van der Waals surface area contributed by atoms with Crippen LogP contribution in [-0.4, -0.2) is 21.7 Å². The Hall–Kier alpha value is -2.49. The SMILES string of the molecule is N#Cc1cccc(C(=O)CSc2ccc(-c3cccc(Br)c3)nn2)c1. The highest BCUT2D eigenvalue weighted by atomic mass is 79.9. The molecule has 0 atom stereocenters. The summed E-state index contributed by atoms with van der Waals surface area (Å²) < 4.78 is 0.982. The topological polar surface area (TPSA) is 66.6 Å². The molecule has 1 aromatic heterocycles. The normalized spacial score (nSPS) is 10.2. The van der Waals surface area contributed by atoms with Gasteiger partial charge in [0.2, 0.25) is 0 Å². The fourth-order valence-electron chi connectivity index (χ4n) is 2.18. The predicted molar refractivity (Wildman–Crippen MR) is 101 cm³/mol. The zero-order valence-electron chi connectivity index (χ0n) is 13.0. The van der Waals surface area contributed by atoms with Crippen LogP contribution in [0, 0.1) is 11.3 Å². The first-order chi connectivity index (χ1) is 12.2. The second-order valence-corrected chi connectivity index (χ2v) is 7.08. The Balaban J connectivity index is 1.66. The third-order valence-electron chi connectivity index (χ3n) is 3.43. The van der Waals surface area contributed by atoms with Gasteiger partial charge < -0.3 is 0 Å². The Kier molecular flexibility index (Phi) is 5.59. The zero-order valence-corrected chi connectivity index (χ0v) is 15.4. The maximum atomic E-state index is 12.2. The number of rotatable bonds is 5. The number of nitrogens with zero attached hydrogens (tertiary/aromatic N) is 3. The Bertz CT molecular complexity index is 951. The summed E-state index contributed by atoms with van der Waals surface area (Å²) in [5.74, 6) is 0.208. The smallest absolute Gasteiger partial charge is 0.173 e. The van der Waals surface area contributed by atoms with E-state index in [1.54, 1.807) is 24.3 Å².